The summed E-state index contributed by atoms with van der Waals surface area (Å²) in [6.07, 6.45) is 3.36. The molecule has 29 heavy (non-hydrogen) atoms. The second-order valence-electron chi connectivity index (χ2n) is 8.09. The maximum atomic E-state index is 4.59. The molecule has 0 bridgehead atoms. The maximum Gasteiger partial charge on any atom is 0.0650 e. The second-order valence-corrected chi connectivity index (χ2v) is 8.09. The van der Waals surface area contributed by atoms with E-state index in [-0.39, 0.29) is 0 Å². The minimum absolute atomic E-state index is 0.602. The van der Waals surface area contributed by atoms with E-state index in [9.17, 15) is 0 Å². The average Bonchev–Trinajstić information content (AvgIpc) is 3.07. The number of aromatic nitrogens is 3. The van der Waals surface area contributed by atoms with Gasteiger partial charge in [0.1, 0.15) is 0 Å². The molecule has 1 aromatic carbocycles. The highest BCUT2D eigenvalue weighted by atomic mass is 15.3. The molecule has 3 aromatic rings. The summed E-state index contributed by atoms with van der Waals surface area (Å²) in [7, 11) is 0. The number of benzene rings is 1. The van der Waals surface area contributed by atoms with Crippen molar-refractivity contribution in [1.82, 2.24) is 20.1 Å². The molecular formula is C24H31N5. The zero-order valence-electron chi connectivity index (χ0n) is 17.7. The number of nitrogens with one attached hydrogen (secondary N) is 1. The van der Waals surface area contributed by atoms with Crippen LogP contribution in [0.15, 0.2) is 48.5 Å². The molecule has 2 aromatic heterocycles. The predicted molar refractivity (Wildman–Crippen MR) is 119 cm³/mol. The lowest BCUT2D eigenvalue weighted by atomic mass is 10.0. The van der Waals surface area contributed by atoms with Crippen molar-refractivity contribution in [3.63, 3.8) is 0 Å². The van der Waals surface area contributed by atoms with Crippen LogP contribution in [0.3, 0.4) is 0 Å². The zero-order chi connectivity index (χ0) is 20.2. The summed E-state index contributed by atoms with van der Waals surface area (Å²) in [6, 6.07) is 17.8. The monoisotopic (exact) mass is 389 g/mol. The Bertz CT molecular complexity index is 936. The highest BCUT2D eigenvalue weighted by Gasteiger charge is 2.19. The van der Waals surface area contributed by atoms with Gasteiger partial charge in [-0.2, -0.15) is 5.10 Å². The normalized spacial score (nSPS) is 15.1. The number of pyridine rings is 1. The first-order chi connectivity index (χ1) is 14.1. The highest BCUT2D eigenvalue weighted by molar-refractivity contribution is 5.51. The molecule has 0 atom stereocenters. The fourth-order valence-corrected chi connectivity index (χ4v) is 4.18. The van der Waals surface area contributed by atoms with Crippen LogP contribution in [0.1, 0.15) is 35.6 Å². The first kappa shape index (κ1) is 19.6. The van der Waals surface area contributed by atoms with Crippen molar-refractivity contribution in [2.24, 2.45) is 0 Å². The molecule has 1 aliphatic rings. The molecule has 3 heterocycles. The molecule has 1 N–H and O–H groups in total. The molecule has 5 nitrogen and oxygen atoms in total. The summed E-state index contributed by atoms with van der Waals surface area (Å²) < 4.78 is 2.01. The Morgan fingerprint density at radius 2 is 1.66 bits per heavy atom. The number of aryl methyl sites for hydroxylation is 3. The van der Waals surface area contributed by atoms with E-state index < -0.39 is 0 Å². The average molecular weight is 390 g/mol. The van der Waals surface area contributed by atoms with Crippen LogP contribution in [0.4, 0.5) is 5.69 Å². The number of piperidine rings is 1. The number of anilines is 1. The molecule has 1 aliphatic heterocycles. The van der Waals surface area contributed by atoms with Gasteiger partial charge in [-0.1, -0.05) is 6.07 Å². The molecule has 0 radical (unpaired) electrons. The Labute approximate surface area is 173 Å². The Morgan fingerprint density at radius 3 is 2.31 bits per heavy atom. The van der Waals surface area contributed by atoms with E-state index in [4.69, 9.17) is 0 Å². The molecule has 0 aliphatic carbocycles. The number of nitrogens with zero attached hydrogens (tertiary/aromatic N) is 4. The summed E-state index contributed by atoms with van der Waals surface area (Å²) in [6.45, 7) is 9.38. The van der Waals surface area contributed by atoms with Gasteiger partial charge in [0.05, 0.1) is 11.4 Å². The minimum Gasteiger partial charge on any atom is -0.371 e. The number of hydrogen-bond donors (Lipinski definition) is 1. The van der Waals surface area contributed by atoms with E-state index in [1.165, 1.54) is 29.9 Å². The topological polar surface area (TPSA) is 46.0 Å². The maximum absolute atomic E-state index is 4.59. The fourth-order valence-electron chi connectivity index (χ4n) is 4.18. The largest absolute Gasteiger partial charge is 0.371 e. The van der Waals surface area contributed by atoms with E-state index in [1.54, 1.807) is 0 Å². The molecule has 1 fully saturated rings. The van der Waals surface area contributed by atoms with Crippen LogP contribution in [-0.2, 0) is 6.42 Å². The molecule has 0 saturated carbocycles. The Kier molecular flexibility index (Phi) is 5.95. The van der Waals surface area contributed by atoms with Gasteiger partial charge in [-0.05, 0) is 76.1 Å². The van der Waals surface area contributed by atoms with Crippen LogP contribution < -0.4 is 10.2 Å². The molecule has 0 amide bonds. The first-order valence-electron chi connectivity index (χ1n) is 10.6. The van der Waals surface area contributed by atoms with Gasteiger partial charge in [0.25, 0.3) is 0 Å². The van der Waals surface area contributed by atoms with Crippen molar-refractivity contribution >= 4 is 5.69 Å². The van der Waals surface area contributed by atoms with Crippen molar-refractivity contribution in [1.29, 1.82) is 0 Å². The van der Waals surface area contributed by atoms with E-state index in [2.05, 4.69) is 82.7 Å². The first-order valence-corrected chi connectivity index (χ1v) is 10.6. The third-order valence-corrected chi connectivity index (χ3v) is 5.72. The van der Waals surface area contributed by atoms with Gasteiger partial charge in [0, 0.05) is 54.9 Å². The van der Waals surface area contributed by atoms with Crippen LogP contribution in [-0.4, -0.2) is 40.4 Å². The lowest BCUT2D eigenvalue weighted by Gasteiger charge is -2.34. The Hall–Kier alpha value is -2.66. The number of rotatable bonds is 6. The summed E-state index contributed by atoms with van der Waals surface area (Å²) in [5, 5.41) is 8.30. The van der Waals surface area contributed by atoms with Gasteiger partial charge >= 0.3 is 0 Å². The SMILES string of the molecule is Cc1cccc(CCNC2CCN(c3ccc(-n4nc(C)cc4C)cc3)CC2)n1. The smallest absolute Gasteiger partial charge is 0.0650 e. The molecule has 5 heteroatoms. The molecule has 152 valence electrons. The van der Waals surface area contributed by atoms with Crippen molar-refractivity contribution in [3.05, 3.63) is 71.3 Å². The van der Waals surface area contributed by atoms with Crippen LogP contribution in [0, 0.1) is 20.8 Å². The van der Waals surface area contributed by atoms with Gasteiger partial charge in [-0.25, -0.2) is 4.68 Å². The van der Waals surface area contributed by atoms with Crippen molar-refractivity contribution < 1.29 is 0 Å². The Morgan fingerprint density at radius 1 is 0.931 bits per heavy atom. The third-order valence-electron chi connectivity index (χ3n) is 5.72. The Balaban J connectivity index is 1.26. The van der Waals surface area contributed by atoms with Crippen LogP contribution >= 0.6 is 0 Å². The summed E-state index contributed by atoms with van der Waals surface area (Å²) in [5.41, 5.74) is 6.93. The van der Waals surface area contributed by atoms with Crippen molar-refractivity contribution in [2.75, 3.05) is 24.5 Å². The highest BCUT2D eigenvalue weighted by Crippen LogP contribution is 2.22. The van der Waals surface area contributed by atoms with Gasteiger partial charge in [0.2, 0.25) is 0 Å². The van der Waals surface area contributed by atoms with Crippen molar-refractivity contribution in [3.8, 4) is 5.69 Å². The summed E-state index contributed by atoms with van der Waals surface area (Å²) in [4.78, 5) is 7.08. The molecular weight excluding hydrogens is 358 g/mol. The summed E-state index contributed by atoms with van der Waals surface area (Å²) >= 11 is 0. The van der Waals surface area contributed by atoms with Gasteiger partial charge < -0.3 is 10.2 Å². The quantitative estimate of drug-likeness (QED) is 0.692. The number of hydrogen-bond acceptors (Lipinski definition) is 4. The zero-order valence-corrected chi connectivity index (χ0v) is 17.7. The standard InChI is InChI=1S/C24H31N5/c1-18-5-4-6-22(26-18)11-14-25-21-12-15-28(16-13-21)23-7-9-24(10-8-23)29-20(3)17-19(2)27-29/h4-10,17,21,25H,11-16H2,1-3H3. The van der Waals surface area contributed by atoms with E-state index >= 15 is 0 Å². The van der Waals surface area contributed by atoms with E-state index in [0.29, 0.717) is 6.04 Å². The van der Waals surface area contributed by atoms with Crippen LogP contribution in [0.5, 0.6) is 0 Å². The van der Waals surface area contributed by atoms with E-state index in [0.717, 1.165) is 43.1 Å². The molecule has 0 spiro atoms. The van der Waals surface area contributed by atoms with Crippen molar-refractivity contribution in [2.45, 2.75) is 46.1 Å². The third kappa shape index (κ3) is 4.85. The fraction of sp³-hybridized carbons (Fsp3) is 0.417. The van der Waals surface area contributed by atoms with E-state index in [1.807, 2.05) is 11.6 Å². The molecule has 4 rings (SSSR count). The lowest BCUT2D eigenvalue weighted by molar-refractivity contribution is 0.417. The van der Waals surface area contributed by atoms with Crippen LogP contribution in [0.25, 0.3) is 5.69 Å². The lowest BCUT2D eigenvalue weighted by Crippen LogP contribution is -2.43. The second kappa shape index (κ2) is 8.78. The van der Waals surface area contributed by atoms with Gasteiger partial charge in [-0.15, -0.1) is 0 Å². The predicted octanol–water partition coefficient (Wildman–Crippen LogP) is 3.99. The van der Waals surface area contributed by atoms with Gasteiger partial charge in [0.15, 0.2) is 0 Å². The summed E-state index contributed by atoms with van der Waals surface area (Å²) in [5.74, 6) is 0. The van der Waals surface area contributed by atoms with Crippen LogP contribution in [0.2, 0.25) is 0 Å². The minimum atomic E-state index is 0.602. The van der Waals surface area contributed by atoms with Gasteiger partial charge in [-0.3, -0.25) is 4.98 Å². The molecule has 1 saturated heterocycles. The molecule has 0 unspecified atom stereocenters.